The predicted molar refractivity (Wildman–Crippen MR) is 75.5 cm³/mol. The van der Waals surface area contributed by atoms with E-state index in [0.29, 0.717) is 6.42 Å². The van der Waals surface area contributed by atoms with Gasteiger partial charge in [0.05, 0.1) is 0 Å². The van der Waals surface area contributed by atoms with Crippen LogP contribution in [0.15, 0.2) is 24.3 Å². The Morgan fingerprint density at radius 2 is 2.32 bits per heavy atom. The van der Waals surface area contributed by atoms with Crippen LogP contribution in [0, 0.1) is 11.8 Å². The molecule has 0 saturated carbocycles. The van der Waals surface area contributed by atoms with E-state index in [0.717, 1.165) is 30.6 Å². The van der Waals surface area contributed by atoms with Gasteiger partial charge in [0, 0.05) is 24.8 Å². The molecule has 1 aliphatic rings. The summed E-state index contributed by atoms with van der Waals surface area (Å²) in [5.74, 6) is 6.33. The molecule has 1 heterocycles. The van der Waals surface area contributed by atoms with Gasteiger partial charge in [-0.15, -0.1) is 0 Å². The van der Waals surface area contributed by atoms with Gasteiger partial charge in [-0.05, 0) is 43.4 Å². The number of rotatable bonds is 3. The van der Waals surface area contributed by atoms with Crippen LogP contribution in [-0.2, 0) is 4.74 Å². The fourth-order valence-electron chi connectivity index (χ4n) is 2.17. The summed E-state index contributed by atoms with van der Waals surface area (Å²) in [7, 11) is 0. The summed E-state index contributed by atoms with van der Waals surface area (Å²) in [6.45, 7) is 0.924. The summed E-state index contributed by atoms with van der Waals surface area (Å²) in [4.78, 5) is 0. The van der Waals surface area contributed by atoms with Crippen molar-refractivity contribution in [1.82, 2.24) is 0 Å². The topological polar surface area (TPSA) is 55.5 Å². The molecule has 2 atom stereocenters. The van der Waals surface area contributed by atoms with Crippen molar-refractivity contribution >= 4 is 0 Å². The van der Waals surface area contributed by atoms with Gasteiger partial charge in [-0.25, -0.2) is 0 Å². The van der Waals surface area contributed by atoms with Crippen molar-refractivity contribution in [2.24, 2.45) is 5.73 Å². The molecular formula is C16H21NO2. The second-order valence-corrected chi connectivity index (χ2v) is 4.87. The van der Waals surface area contributed by atoms with Crippen molar-refractivity contribution in [2.45, 2.75) is 37.8 Å². The summed E-state index contributed by atoms with van der Waals surface area (Å²) in [5, 5.41) is 8.92. The van der Waals surface area contributed by atoms with Gasteiger partial charge in [0.1, 0.15) is 6.10 Å². The smallest absolute Gasteiger partial charge is 0.118 e. The maximum Gasteiger partial charge on any atom is 0.118 e. The average molecular weight is 259 g/mol. The molecule has 3 nitrogen and oxygen atoms in total. The van der Waals surface area contributed by atoms with E-state index in [1.165, 1.54) is 6.42 Å². The van der Waals surface area contributed by atoms with Crippen LogP contribution in [0.3, 0.4) is 0 Å². The Balaban J connectivity index is 2.04. The first-order chi connectivity index (χ1) is 9.29. The van der Waals surface area contributed by atoms with Crippen LogP contribution in [0.4, 0.5) is 0 Å². The third kappa shape index (κ3) is 4.36. The molecule has 2 unspecified atom stereocenters. The molecule has 2 rings (SSSR count). The Labute approximate surface area is 114 Å². The molecule has 0 spiro atoms. The summed E-state index contributed by atoms with van der Waals surface area (Å²) in [6.07, 6.45) is 4.01. The van der Waals surface area contributed by atoms with Gasteiger partial charge in [-0.2, -0.15) is 0 Å². The highest BCUT2D eigenvalue weighted by molar-refractivity contribution is 5.38. The van der Waals surface area contributed by atoms with Crippen LogP contribution in [0.1, 0.15) is 42.9 Å². The van der Waals surface area contributed by atoms with E-state index in [9.17, 15) is 0 Å². The SMILES string of the molecule is NC(CCO)c1cccc(C#CC2CCCCO2)c1. The zero-order valence-electron chi connectivity index (χ0n) is 11.1. The fourth-order valence-corrected chi connectivity index (χ4v) is 2.17. The van der Waals surface area contributed by atoms with E-state index in [2.05, 4.69) is 11.8 Å². The van der Waals surface area contributed by atoms with E-state index in [1.54, 1.807) is 0 Å². The van der Waals surface area contributed by atoms with E-state index in [1.807, 2.05) is 24.3 Å². The Hall–Kier alpha value is -1.34. The minimum atomic E-state index is -0.127. The van der Waals surface area contributed by atoms with E-state index in [4.69, 9.17) is 15.6 Å². The molecule has 1 aliphatic heterocycles. The lowest BCUT2D eigenvalue weighted by molar-refractivity contribution is 0.0526. The maximum absolute atomic E-state index is 8.92. The van der Waals surface area contributed by atoms with Crippen molar-refractivity contribution in [3.05, 3.63) is 35.4 Å². The van der Waals surface area contributed by atoms with Gasteiger partial charge in [-0.1, -0.05) is 24.0 Å². The first kappa shape index (κ1) is 14.1. The minimum Gasteiger partial charge on any atom is -0.396 e. The maximum atomic E-state index is 8.92. The Kier molecular flexibility index (Phi) is 5.41. The normalized spacial score (nSPS) is 20.4. The molecule has 0 aromatic heterocycles. The summed E-state index contributed by atoms with van der Waals surface area (Å²) in [5.41, 5.74) is 7.96. The Morgan fingerprint density at radius 3 is 3.05 bits per heavy atom. The van der Waals surface area contributed by atoms with Crippen molar-refractivity contribution in [2.75, 3.05) is 13.2 Å². The fraction of sp³-hybridized carbons (Fsp3) is 0.500. The second kappa shape index (κ2) is 7.30. The van der Waals surface area contributed by atoms with Crippen LogP contribution in [0.5, 0.6) is 0 Å². The highest BCUT2D eigenvalue weighted by Crippen LogP contribution is 2.15. The third-order valence-corrected chi connectivity index (χ3v) is 3.31. The van der Waals surface area contributed by atoms with Crippen LogP contribution in [0.25, 0.3) is 0 Å². The molecule has 1 aromatic carbocycles. The molecule has 1 fully saturated rings. The first-order valence-electron chi connectivity index (χ1n) is 6.89. The van der Waals surface area contributed by atoms with Gasteiger partial charge in [-0.3, -0.25) is 0 Å². The van der Waals surface area contributed by atoms with Gasteiger partial charge < -0.3 is 15.6 Å². The van der Waals surface area contributed by atoms with Gasteiger partial charge in [0.15, 0.2) is 0 Å². The summed E-state index contributed by atoms with van der Waals surface area (Å²) in [6, 6.07) is 7.78. The molecule has 0 radical (unpaired) electrons. The first-order valence-corrected chi connectivity index (χ1v) is 6.89. The second-order valence-electron chi connectivity index (χ2n) is 4.87. The van der Waals surface area contributed by atoms with Crippen LogP contribution in [-0.4, -0.2) is 24.4 Å². The van der Waals surface area contributed by atoms with Gasteiger partial charge >= 0.3 is 0 Å². The number of hydrogen-bond donors (Lipinski definition) is 2. The molecule has 102 valence electrons. The number of aliphatic hydroxyl groups excluding tert-OH is 1. The quantitative estimate of drug-likeness (QED) is 0.816. The molecule has 0 bridgehead atoms. The monoisotopic (exact) mass is 259 g/mol. The van der Waals surface area contributed by atoms with Crippen molar-refractivity contribution in [1.29, 1.82) is 0 Å². The lowest BCUT2D eigenvalue weighted by Crippen LogP contribution is -2.16. The Bertz CT molecular complexity index is 455. The van der Waals surface area contributed by atoms with Crippen LogP contribution in [0.2, 0.25) is 0 Å². The van der Waals surface area contributed by atoms with Crippen molar-refractivity contribution in [3.63, 3.8) is 0 Å². The zero-order chi connectivity index (χ0) is 13.5. The highest BCUT2D eigenvalue weighted by Gasteiger charge is 2.10. The van der Waals surface area contributed by atoms with Gasteiger partial charge in [0.2, 0.25) is 0 Å². The summed E-state index contributed by atoms with van der Waals surface area (Å²) < 4.78 is 5.58. The number of benzene rings is 1. The molecule has 19 heavy (non-hydrogen) atoms. The molecular weight excluding hydrogens is 238 g/mol. The van der Waals surface area contributed by atoms with Crippen LogP contribution >= 0.6 is 0 Å². The lowest BCUT2D eigenvalue weighted by Gasteiger charge is -2.17. The summed E-state index contributed by atoms with van der Waals surface area (Å²) >= 11 is 0. The van der Waals surface area contributed by atoms with Crippen LogP contribution < -0.4 is 5.73 Å². The molecule has 1 saturated heterocycles. The van der Waals surface area contributed by atoms with E-state index < -0.39 is 0 Å². The molecule has 3 N–H and O–H groups in total. The van der Waals surface area contributed by atoms with Crippen molar-refractivity contribution in [3.8, 4) is 11.8 Å². The molecule has 0 aliphatic carbocycles. The molecule has 1 aromatic rings. The minimum absolute atomic E-state index is 0.0727. The molecule has 0 amide bonds. The number of hydrogen-bond acceptors (Lipinski definition) is 3. The number of ether oxygens (including phenoxy) is 1. The predicted octanol–water partition coefficient (Wildman–Crippen LogP) is 1.99. The molecule has 3 heteroatoms. The third-order valence-electron chi connectivity index (χ3n) is 3.31. The van der Waals surface area contributed by atoms with E-state index >= 15 is 0 Å². The number of aliphatic hydroxyl groups is 1. The lowest BCUT2D eigenvalue weighted by atomic mass is 10.0. The van der Waals surface area contributed by atoms with Gasteiger partial charge in [0.25, 0.3) is 0 Å². The largest absolute Gasteiger partial charge is 0.396 e. The zero-order valence-corrected chi connectivity index (χ0v) is 11.1. The average Bonchev–Trinajstić information content (AvgIpc) is 2.47. The Morgan fingerprint density at radius 1 is 1.42 bits per heavy atom. The standard InChI is InChI=1S/C16H21NO2/c17-16(9-10-18)14-5-3-4-13(12-14)7-8-15-6-1-2-11-19-15/h3-5,12,15-16,18H,1-2,6,9-11,17H2. The highest BCUT2D eigenvalue weighted by atomic mass is 16.5. The van der Waals surface area contributed by atoms with E-state index in [-0.39, 0.29) is 18.8 Å². The number of nitrogens with two attached hydrogens (primary N) is 1. The van der Waals surface area contributed by atoms with Crippen molar-refractivity contribution < 1.29 is 9.84 Å².